The normalized spacial score (nSPS) is 14.6. The van der Waals surface area contributed by atoms with E-state index in [-0.39, 0.29) is 11.5 Å². The third-order valence-corrected chi connectivity index (χ3v) is 5.61. The van der Waals surface area contributed by atoms with Gasteiger partial charge < -0.3 is 15.6 Å². The lowest BCUT2D eigenvalue weighted by molar-refractivity contribution is -0.120. The second kappa shape index (κ2) is 6.74. The van der Waals surface area contributed by atoms with Crippen molar-refractivity contribution < 1.29 is 4.79 Å². The van der Waals surface area contributed by atoms with Gasteiger partial charge in [0, 0.05) is 40.3 Å². The smallest absolute Gasteiger partial charge is 0.257 e. The van der Waals surface area contributed by atoms with Crippen LogP contribution in [0.2, 0.25) is 0 Å². The van der Waals surface area contributed by atoms with Crippen LogP contribution in [0.25, 0.3) is 21.8 Å². The summed E-state index contributed by atoms with van der Waals surface area (Å²) in [5.74, 6) is 0.0350. The van der Waals surface area contributed by atoms with Crippen LogP contribution in [0.15, 0.2) is 71.7 Å². The van der Waals surface area contributed by atoms with Crippen molar-refractivity contribution in [2.75, 3.05) is 17.2 Å². The first kappa shape index (κ1) is 17.4. The van der Waals surface area contributed by atoms with E-state index >= 15 is 0 Å². The molecule has 0 unspecified atom stereocenters. The molecule has 144 valence electrons. The van der Waals surface area contributed by atoms with E-state index in [1.54, 1.807) is 12.3 Å². The fraction of sp³-hybridized carbons (Fsp3) is 0.174. The van der Waals surface area contributed by atoms with Gasteiger partial charge in [-0.25, -0.2) is 4.98 Å². The minimum Gasteiger partial charge on any atom is -0.383 e. The molecule has 1 aliphatic carbocycles. The molecule has 2 aromatic heterocycles. The van der Waals surface area contributed by atoms with Crippen LogP contribution >= 0.6 is 0 Å². The largest absolute Gasteiger partial charge is 0.383 e. The molecule has 0 saturated heterocycles. The molecule has 1 fully saturated rings. The van der Waals surface area contributed by atoms with Crippen molar-refractivity contribution in [3.63, 3.8) is 0 Å². The molecule has 1 amide bonds. The monoisotopic (exact) mass is 384 g/mol. The van der Waals surface area contributed by atoms with Crippen molar-refractivity contribution in [3.05, 3.63) is 77.2 Å². The summed E-state index contributed by atoms with van der Waals surface area (Å²) in [7, 11) is 0. The van der Waals surface area contributed by atoms with Gasteiger partial charge in [0.2, 0.25) is 5.91 Å². The molecule has 4 aromatic rings. The van der Waals surface area contributed by atoms with E-state index in [0.29, 0.717) is 17.6 Å². The van der Waals surface area contributed by atoms with Gasteiger partial charge in [-0.2, -0.15) is 0 Å². The number of nitrogens with zero attached hydrogens (tertiary/aromatic N) is 1. The Balaban J connectivity index is 1.45. The van der Waals surface area contributed by atoms with E-state index in [0.717, 1.165) is 35.0 Å². The highest BCUT2D eigenvalue weighted by atomic mass is 16.2. The van der Waals surface area contributed by atoms with Crippen molar-refractivity contribution in [2.24, 2.45) is 5.41 Å². The van der Waals surface area contributed by atoms with Gasteiger partial charge in [0.05, 0.1) is 5.41 Å². The Kier molecular flexibility index (Phi) is 4.05. The van der Waals surface area contributed by atoms with E-state index in [1.807, 2.05) is 54.6 Å². The van der Waals surface area contributed by atoms with Crippen molar-refractivity contribution in [3.8, 4) is 0 Å². The Morgan fingerprint density at radius 3 is 2.48 bits per heavy atom. The molecule has 0 spiro atoms. The lowest BCUT2D eigenvalue weighted by atomic mass is 10.0. The average Bonchev–Trinajstić information content (AvgIpc) is 3.54. The molecular weight excluding hydrogens is 364 g/mol. The van der Waals surface area contributed by atoms with Crippen LogP contribution < -0.4 is 16.2 Å². The number of benzene rings is 2. The first-order chi connectivity index (χ1) is 14.2. The van der Waals surface area contributed by atoms with Gasteiger partial charge in [0.1, 0.15) is 5.65 Å². The number of para-hydroxylation sites is 1. The number of hydrogen-bond donors (Lipinski definition) is 3. The average molecular weight is 384 g/mol. The highest BCUT2D eigenvalue weighted by molar-refractivity contribution is 6.10. The zero-order chi connectivity index (χ0) is 19.8. The highest BCUT2D eigenvalue weighted by Gasteiger charge is 2.49. The Hall–Kier alpha value is -3.67. The van der Waals surface area contributed by atoms with Gasteiger partial charge in [-0.05, 0) is 37.1 Å². The summed E-state index contributed by atoms with van der Waals surface area (Å²) >= 11 is 0. The summed E-state index contributed by atoms with van der Waals surface area (Å²) in [6.45, 7) is 0.526. The Labute approximate surface area is 167 Å². The molecule has 3 N–H and O–H groups in total. The van der Waals surface area contributed by atoms with Gasteiger partial charge in [0.25, 0.3) is 5.56 Å². The number of H-pyrrole nitrogens is 1. The zero-order valence-electron chi connectivity index (χ0n) is 15.7. The van der Waals surface area contributed by atoms with Gasteiger partial charge >= 0.3 is 0 Å². The van der Waals surface area contributed by atoms with E-state index in [9.17, 15) is 9.59 Å². The van der Waals surface area contributed by atoms with Crippen molar-refractivity contribution in [2.45, 2.75) is 12.8 Å². The number of anilines is 2. The topological polar surface area (TPSA) is 86.9 Å². The van der Waals surface area contributed by atoms with Crippen LogP contribution in [0.1, 0.15) is 12.8 Å². The molecule has 2 heterocycles. The second-order valence-electron chi connectivity index (χ2n) is 7.54. The maximum atomic E-state index is 12.8. The quantitative estimate of drug-likeness (QED) is 0.455. The lowest BCUT2D eigenvalue weighted by Gasteiger charge is -2.18. The predicted molar refractivity (Wildman–Crippen MR) is 115 cm³/mol. The third kappa shape index (κ3) is 3.12. The van der Waals surface area contributed by atoms with Gasteiger partial charge in [0.15, 0.2) is 0 Å². The molecule has 5 rings (SSSR count). The predicted octanol–water partition coefficient (Wildman–Crippen LogP) is 3.91. The van der Waals surface area contributed by atoms with Gasteiger partial charge in [-0.3, -0.25) is 9.59 Å². The molecule has 2 aromatic carbocycles. The molecule has 1 saturated carbocycles. The van der Waals surface area contributed by atoms with Crippen LogP contribution in [0.3, 0.4) is 0 Å². The van der Waals surface area contributed by atoms with E-state index in [2.05, 4.69) is 20.6 Å². The van der Waals surface area contributed by atoms with E-state index < -0.39 is 5.41 Å². The second-order valence-corrected chi connectivity index (χ2v) is 7.54. The molecule has 0 atom stereocenters. The summed E-state index contributed by atoms with van der Waals surface area (Å²) in [6, 6.07) is 18.9. The first-order valence-corrected chi connectivity index (χ1v) is 9.66. The molecule has 0 bridgehead atoms. The minimum atomic E-state index is -0.413. The number of aromatic nitrogens is 2. The first-order valence-electron chi connectivity index (χ1n) is 9.66. The maximum Gasteiger partial charge on any atom is 0.257 e. The maximum absolute atomic E-state index is 12.8. The number of amides is 1. The SMILES string of the molecule is O=C(Nc1ccccc1)C1(CNc2ccnc3[nH]c(=O)c4ccccc4c23)CC1. The number of hydrogen-bond acceptors (Lipinski definition) is 4. The number of carbonyl (C=O) groups is 1. The molecule has 1 aliphatic rings. The number of nitrogens with one attached hydrogen (secondary N) is 3. The summed E-state index contributed by atoms with van der Waals surface area (Å²) in [6.07, 6.45) is 3.36. The molecule has 29 heavy (non-hydrogen) atoms. The van der Waals surface area contributed by atoms with Gasteiger partial charge in [-0.1, -0.05) is 36.4 Å². The third-order valence-electron chi connectivity index (χ3n) is 5.61. The van der Waals surface area contributed by atoms with Crippen LogP contribution in [-0.2, 0) is 4.79 Å². The zero-order valence-corrected chi connectivity index (χ0v) is 15.7. The number of aromatic amines is 1. The molecule has 0 aliphatic heterocycles. The fourth-order valence-corrected chi connectivity index (χ4v) is 3.74. The number of fused-ring (bicyclic) bond motifs is 3. The Morgan fingerprint density at radius 1 is 1.00 bits per heavy atom. The molecule has 0 radical (unpaired) electrons. The number of pyridine rings is 2. The fourth-order valence-electron chi connectivity index (χ4n) is 3.74. The van der Waals surface area contributed by atoms with Crippen molar-refractivity contribution >= 4 is 39.1 Å². The van der Waals surface area contributed by atoms with Crippen LogP contribution in [0, 0.1) is 5.41 Å². The van der Waals surface area contributed by atoms with Crippen molar-refractivity contribution in [1.82, 2.24) is 9.97 Å². The van der Waals surface area contributed by atoms with E-state index in [1.165, 1.54) is 0 Å². The molecular formula is C23H20N4O2. The van der Waals surface area contributed by atoms with Crippen LogP contribution in [-0.4, -0.2) is 22.4 Å². The summed E-state index contributed by atoms with van der Waals surface area (Å²) in [4.78, 5) is 32.3. The standard InChI is InChI=1S/C23H20N4O2/c28-21-17-9-5-4-8-16(17)19-18(10-13-24-20(19)27-21)25-14-23(11-12-23)22(29)26-15-6-2-1-3-7-15/h1-10,13H,11-12,14H2,(H,26,29)(H2,24,25,27,28). The summed E-state index contributed by atoms with van der Waals surface area (Å²) < 4.78 is 0. The molecule has 6 heteroatoms. The molecule has 6 nitrogen and oxygen atoms in total. The highest BCUT2D eigenvalue weighted by Crippen LogP contribution is 2.47. The minimum absolute atomic E-state index is 0.0350. The van der Waals surface area contributed by atoms with Crippen molar-refractivity contribution in [1.29, 1.82) is 0 Å². The van der Waals surface area contributed by atoms with E-state index in [4.69, 9.17) is 0 Å². The van der Waals surface area contributed by atoms with Crippen LogP contribution in [0.5, 0.6) is 0 Å². The Morgan fingerprint density at radius 2 is 1.72 bits per heavy atom. The van der Waals surface area contributed by atoms with Crippen LogP contribution in [0.4, 0.5) is 11.4 Å². The summed E-state index contributed by atoms with van der Waals surface area (Å²) in [5, 5.41) is 8.80. The number of carbonyl (C=O) groups excluding carboxylic acids is 1. The summed E-state index contributed by atoms with van der Waals surface area (Å²) in [5.41, 5.74) is 1.64. The Bertz CT molecular complexity index is 1280. The lowest BCUT2D eigenvalue weighted by Crippen LogP contribution is -2.30. The number of rotatable bonds is 5. The van der Waals surface area contributed by atoms with Gasteiger partial charge in [-0.15, -0.1) is 0 Å².